The number of ketones is 1. The summed E-state index contributed by atoms with van der Waals surface area (Å²) in [6.07, 6.45) is 2.07. The molecule has 0 amide bonds. The molecular formula is C8H11NO3. The topological polar surface area (TPSA) is 83.6 Å². The first-order valence-corrected chi connectivity index (χ1v) is 3.65. The molecule has 1 aliphatic carbocycles. The zero-order valence-electron chi connectivity index (χ0n) is 6.47. The van der Waals surface area contributed by atoms with Gasteiger partial charge in [0.2, 0.25) is 0 Å². The highest BCUT2D eigenvalue weighted by Gasteiger charge is 2.17. The second-order valence-electron chi connectivity index (χ2n) is 2.60. The van der Waals surface area contributed by atoms with Crippen LogP contribution in [0.25, 0.3) is 0 Å². The Balaban J connectivity index is 2.75. The fraction of sp³-hybridized carbons (Fsp3) is 0.375. The van der Waals surface area contributed by atoms with Crippen molar-refractivity contribution in [2.75, 3.05) is 6.54 Å². The maximum atomic E-state index is 10.8. The third-order valence-electron chi connectivity index (χ3n) is 1.69. The number of carbonyl (C=O) groups is 1. The average molecular weight is 169 g/mol. The third-order valence-corrected chi connectivity index (χ3v) is 1.69. The van der Waals surface area contributed by atoms with Gasteiger partial charge in [-0.2, -0.15) is 0 Å². The van der Waals surface area contributed by atoms with Crippen molar-refractivity contribution in [3.8, 4) is 0 Å². The molecule has 0 bridgehead atoms. The highest BCUT2D eigenvalue weighted by atomic mass is 16.3. The zero-order valence-corrected chi connectivity index (χ0v) is 6.47. The van der Waals surface area contributed by atoms with Crippen LogP contribution >= 0.6 is 0 Å². The SMILES string of the molecule is NCC(O)C1=CC(O)C(=O)C=C1. The van der Waals surface area contributed by atoms with Crippen LogP contribution in [0.3, 0.4) is 0 Å². The first kappa shape index (κ1) is 9.12. The van der Waals surface area contributed by atoms with Crippen LogP contribution in [0, 0.1) is 0 Å². The molecule has 0 aromatic rings. The molecule has 66 valence electrons. The van der Waals surface area contributed by atoms with Gasteiger partial charge in [-0.3, -0.25) is 4.79 Å². The van der Waals surface area contributed by atoms with Crippen molar-refractivity contribution in [3.63, 3.8) is 0 Å². The van der Waals surface area contributed by atoms with Crippen LogP contribution in [0.4, 0.5) is 0 Å². The standard InChI is InChI=1S/C8H11NO3/c9-4-8(12)5-1-2-6(10)7(11)3-5/h1-3,7-8,11-12H,4,9H2. The average Bonchev–Trinajstić information content (AvgIpc) is 2.08. The largest absolute Gasteiger partial charge is 0.387 e. The lowest BCUT2D eigenvalue weighted by Crippen LogP contribution is -2.26. The van der Waals surface area contributed by atoms with E-state index in [0.717, 1.165) is 0 Å². The number of aliphatic hydroxyl groups excluding tert-OH is 2. The predicted molar refractivity (Wildman–Crippen MR) is 43.3 cm³/mol. The molecule has 0 radical (unpaired) electrons. The quantitative estimate of drug-likeness (QED) is 0.481. The third kappa shape index (κ3) is 1.79. The van der Waals surface area contributed by atoms with Crippen LogP contribution in [0.2, 0.25) is 0 Å². The van der Waals surface area contributed by atoms with Gasteiger partial charge in [-0.25, -0.2) is 0 Å². The fourth-order valence-electron chi connectivity index (χ4n) is 0.955. The molecule has 1 rings (SSSR count). The molecule has 4 nitrogen and oxygen atoms in total. The molecule has 4 N–H and O–H groups in total. The maximum absolute atomic E-state index is 10.8. The van der Waals surface area contributed by atoms with Gasteiger partial charge in [0.15, 0.2) is 5.78 Å². The van der Waals surface area contributed by atoms with Gasteiger partial charge in [0, 0.05) is 6.54 Å². The molecule has 1 aliphatic rings. The van der Waals surface area contributed by atoms with Gasteiger partial charge in [-0.05, 0) is 17.7 Å². The summed E-state index contributed by atoms with van der Waals surface area (Å²) in [4.78, 5) is 10.8. The Kier molecular flexibility index (Phi) is 2.75. The monoisotopic (exact) mass is 169 g/mol. The predicted octanol–water partition coefficient (Wildman–Crippen LogP) is -1.27. The molecule has 0 aromatic carbocycles. The molecule has 0 aromatic heterocycles. The van der Waals surface area contributed by atoms with E-state index in [-0.39, 0.29) is 12.3 Å². The summed E-state index contributed by atoms with van der Waals surface area (Å²) in [5, 5.41) is 18.3. The summed E-state index contributed by atoms with van der Waals surface area (Å²) in [5.41, 5.74) is 5.68. The van der Waals surface area contributed by atoms with Crippen molar-refractivity contribution >= 4 is 5.78 Å². The molecule has 0 saturated heterocycles. The van der Waals surface area contributed by atoms with Gasteiger partial charge in [-0.1, -0.05) is 6.08 Å². The molecule has 2 unspecified atom stereocenters. The molecule has 0 spiro atoms. The van der Waals surface area contributed by atoms with E-state index in [4.69, 9.17) is 10.8 Å². The first-order valence-electron chi connectivity index (χ1n) is 3.65. The van der Waals surface area contributed by atoms with E-state index in [1.807, 2.05) is 0 Å². The first-order chi connectivity index (χ1) is 5.65. The number of rotatable bonds is 2. The Morgan fingerprint density at radius 3 is 2.75 bits per heavy atom. The van der Waals surface area contributed by atoms with E-state index in [9.17, 15) is 9.90 Å². The van der Waals surface area contributed by atoms with E-state index in [2.05, 4.69) is 0 Å². The fourth-order valence-corrected chi connectivity index (χ4v) is 0.955. The van der Waals surface area contributed by atoms with Crippen molar-refractivity contribution in [1.82, 2.24) is 0 Å². The lowest BCUT2D eigenvalue weighted by Gasteiger charge is -2.14. The van der Waals surface area contributed by atoms with Crippen LogP contribution in [-0.2, 0) is 4.79 Å². The lowest BCUT2D eigenvalue weighted by atomic mass is 10.00. The number of carbonyl (C=O) groups excluding carboxylic acids is 1. The summed E-state index contributed by atoms with van der Waals surface area (Å²) < 4.78 is 0. The summed E-state index contributed by atoms with van der Waals surface area (Å²) in [6.45, 7) is 0.0804. The van der Waals surface area contributed by atoms with Gasteiger partial charge in [-0.15, -0.1) is 0 Å². The van der Waals surface area contributed by atoms with Gasteiger partial charge in [0.1, 0.15) is 6.10 Å². The molecule has 0 aliphatic heterocycles. The zero-order chi connectivity index (χ0) is 9.14. The highest BCUT2D eigenvalue weighted by Crippen LogP contribution is 2.11. The van der Waals surface area contributed by atoms with Crippen LogP contribution in [-0.4, -0.2) is 34.7 Å². The van der Waals surface area contributed by atoms with E-state index in [1.54, 1.807) is 0 Å². The molecule has 0 saturated carbocycles. The van der Waals surface area contributed by atoms with Gasteiger partial charge in [0.05, 0.1) is 6.10 Å². The van der Waals surface area contributed by atoms with E-state index in [0.29, 0.717) is 5.57 Å². The van der Waals surface area contributed by atoms with Crippen molar-refractivity contribution < 1.29 is 15.0 Å². The number of nitrogens with two attached hydrogens (primary N) is 1. The molecule has 0 heterocycles. The minimum absolute atomic E-state index is 0.0804. The Hall–Kier alpha value is -0.970. The van der Waals surface area contributed by atoms with Crippen molar-refractivity contribution in [2.24, 2.45) is 5.73 Å². The van der Waals surface area contributed by atoms with Crippen LogP contribution < -0.4 is 5.73 Å². The highest BCUT2D eigenvalue weighted by molar-refractivity contribution is 5.96. The van der Waals surface area contributed by atoms with Crippen molar-refractivity contribution in [3.05, 3.63) is 23.8 Å². The lowest BCUT2D eigenvalue weighted by molar-refractivity contribution is -0.120. The second-order valence-corrected chi connectivity index (χ2v) is 2.60. The Labute approximate surface area is 70.0 Å². The summed E-state index contributed by atoms with van der Waals surface area (Å²) >= 11 is 0. The minimum Gasteiger partial charge on any atom is -0.387 e. The molecule has 2 atom stereocenters. The molecule has 12 heavy (non-hydrogen) atoms. The van der Waals surface area contributed by atoms with Gasteiger partial charge >= 0.3 is 0 Å². The van der Waals surface area contributed by atoms with Crippen molar-refractivity contribution in [1.29, 1.82) is 0 Å². The molecule has 0 fully saturated rings. The van der Waals surface area contributed by atoms with Gasteiger partial charge in [0.25, 0.3) is 0 Å². The number of aliphatic hydroxyl groups is 2. The van der Waals surface area contributed by atoms with Crippen LogP contribution in [0.1, 0.15) is 0 Å². The van der Waals surface area contributed by atoms with E-state index < -0.39 is 12.2 Å². The van der Waals surface area contributed by atoms with Crippen molar-refractivity contribution in [2.45, 2.75) is 12.2 Å². The number of hydrogen-bond donors (Lipinski definition) is 3. The van der Waals surface area contributed by atoms with Crippen LogP contribution in [0.5, 0.6) is 0 Å². The summed E-state index contributed by atoms with van der Waals surface area (Å²) in [6, 6.07) is 0. The summed E-state index contributed by atoms with van der Waals surface area (Å²) in [5.74, 6) is -0.372. The Morgan fingerprint density at radius 1 is 1.58 bits per heavy atom. The Morgan fingerprint density at radius 2 is 2.25 bits per heavy atom. The molecule has 4 heteroatoms. The van der Waals surface area contributed by atoms with E-state index in [1.165, 1.54) is 18.2 Å². The van der Waals surface area contributed by atoms with E-state index >= 15 is 0 Å². The maximum Gasteiger partial charge on any atom is 0.188 e. The minimum atomic E-state index is -1.13. The Bertz CT molecular complexity index is 245. The molecular weight excluding hydrogens is 158 g/mol. The normalized spacial score (nSPS) is 25.4. The smallest absolute Gasteiger partial charge is 0.188 e. The van der Waals surface area contributed by atoms with Gasteiger partial charge < -0.3 is 15.9 Å². The second kappa shape index (κ2) is 3.62. The summed E-state index contributed by atoms with van der Waals surface area (Å²) in [7, 11) is 0. The number of hydrogen-bond acceptors (Lipinski definition) is 4. The van der Waals surface area contributed by atoms with Crippen LogP contribution in [0.15, 0.2) is 23.8 Å².